The van der Waals surface area contributed by atoms with Crippen LogP contribution in [0.2, 0.25) is 0 Å². The highest BCUT2D eigenvalue weighted by Crippen LogP contribution is 2.24. The van der Waals surface area contributed by atoms with Gasteiger partial charge in [-0.2, -0.15) is 0 Å². The molecule has 0 aliphatic rings. The van der Waals surface area contributed by atoms with Crippen molar-refractivity contribution in [1.82, 2.24) is 5.43 Å². The number of hydrogen-bond donors (Lipinski definition) is 2. The quantitative estimate of drug-likeness (QED) is 0.633. The summed E-state index contributed by atoms with van der Waals surface area (Å²) in [6.45, 7) is 4.11. The van der Waals surface area contributed by atoms with Gasteiger partial charge in [-0.3, -0.25) is 5.84 Å². The lowest BCUT2D eigenvalue weighted by Gasteiger charge is -2.11. The SMILES string of the molecule is CCc1ccc(CC(NN)c2ccc(C)o2)s1. The molecule has 0 fully saturated rings. The van der Waals surface area contributed by atoms with E-state index in [9.17, 15) is 0 Å². The van der Waals surface area contributed by atoms with Gasteiger partial charge in [-0.15, -0.1) is 11.3 Å². The Hall–Kier alpha value is -1.10. The van der Waals surface area contributed by atoms with Crippen molar-refractivity contribution in [3.05, 3.63) is 45.5 Å². The molecule has 0 amide bonds. The van der Waals surface area contributed by atoms with Crippen LogP contribution in [0.5, 0.6) is 0 Å². The van der Waals surface area contributed by atoms with E-state index in [1.165, 1.54) is 9.75 Å². The fraction of sp³-hybridized carbons (Fsp3) is 0.385. The Balaban J connectivity index is 2.09. The minimum atomic E-state index is 0.0482. The maximum absolute atomic E-state index is 5.60. The average molecular weight is 250 g/mol. The second-order valence-corrected chi connectivity index (χ2v) is 5.35. The number of nitrogens with two attached hydrogens (primary N) is 1. The Morgan fingerprint density at radius 3 is 2.59 bits per heavy atom. The van der Waals surface area contributed by atoms with Crippen LogP contribution >= 0.6 is 11.3 Å². The van der Waals surface area contributed by atoms with Crippen molar-refractivity contribution in [3.8, 4) is 0 Å². The number of aryl methyl sites for hydroxylation is 2. The predicted molar refractivity (Wildman–Crippen MR) is 70.9 cm³/mol. The monoisotopic (exact) mass is 250 g/mol. The Morgan fingerprint density at radius 2 is 2.06 bits per heavy atom. The van der Waals surface area contributed by atoms with Gasteiger partial charge in [0.1, 0.15) is 11.5 Å². The molecule has 0 aliphatic carbocycles. The summed E-state index contributed by atoms with van der Waals surface area (Å²) in [5, 5.41) is 0. The number of thiophene rings is 1. The molecule has 0 spiro atoms. The number of hydrazine groups is 1. The summed E-state index contributed by atoms with van der Waals surface area (Å²) >= 11 is 1.84. The van der Waals surface area contributed by atoms with E-state index in [-0.39, 0.29) is 6.04 Å². The summed E-state index contributed by atoms with van der Waals surface area (Å²) < 4.78 is 5.60. The lowest BCUT2D eigenvalue weighted by Crippen LogP contribution is -2.29. The van der Waals surface area contributed by atoms with Gasteiger partial charge in [-0.1, -0.05) is 6.92 Å². The van der Waals surface area contributed by atoms with Crippen molar-refractivity contribution in [2.24, 2.45) is 5.84 Å². The molecule has 1 unspecified atom stereocenters. The molecule has 3 N–H and O–H groups in total. The lowest BCUT2D eigenvalue weighted by atomic mass is 10.1. The molecule has 0 aromatic carbocycles. The van der Waals surface area contributed by atoms with Crippen LogP contribution in [0, 0.1) is 6.92 Å². The first-order valence-corrected chi connectivity index (χ1v) is 6.64. The molecule has 2 rings (SSSR count). The van der Waals surface area contributed by atoms with Crippen LogP contribution in [0.4, 0.5) is 0 Å². The first-order valence-electron chi connectivity index (χ1n) is 5.83. The highest BCUT2D eigenvalue weighted by molar-refractivity contribution is 7.11. The Morgan fingerprint density at radius 1 is 1.29 bits per heavy atom. The minimum Gasteiger partial charge on any atom is -0.465 e. The summed E-state index contributed by atoms with van der Waals surface area (Å²) in [7, 11) is 0. The Bertz CT molecular complexity index is 475. The average Bonchev–Trinajstić information content (AvgIpc) is 2.94. The van der Waals surface area contributed by atoms with Gasteiger partial charge in [-0.05, 0) is 37.6 Å². The normalized spacial score (nSPS) is 12.9. The zero-order valence-electron chi connectivity index (χ0n) is 10.2. The molecule has 92 valence electrons. The van der Waals surface area contributed by atoms with Crippen LogP contribution in [0.25, 0.3) is 0 Å². The molecule has 1 atom stereocenters. The standard InChI is InChI=1S/C13H18N2OS/c1-3-10-5-6-11(17-10)8-12(15-14)13-7-4-9(2)16-13/h4-7,12,15H,3,8,14H2,1-2H3. The van der Waals surface area contributed by atoms with Crippen LogP contribution in [0.3, 0.4) is 0 Å². The predicted octanol–water partition coefficient (Wildman–Crippen LogP) is 2.96. The molecule has 3 nitrogen and oxygen atoms in total. The highest BCUT2D eigenvalue weighted by atomic mass is 32.1. The third-order valence-electron chi connectivity index (χ3n) is 2.78. The molecule has 0 bridgehead atoms. The molecule has 0 saturated heterocycles. The van der Waals surface area contributed by atoms with Gasteiger partial charge < -0.3 is 4.42 Å². The maximum atomic E-state index is 5.60. The number of rotatable bonds is 5. The van der Waals surface area contributed by atoms with Gasteiger partial charge in [0.15, 0.2) is 0 Å². The van der Waals surface area contributed by atoms with Crippen molar-refractivity contribution in [2.45, 2.75) is 32.7 Å². The molecule has 0 saturated carbocycles. The molecular weight excluding hydrogens is 232 g/mol. The molecular formula is C13H18N2OS. The highest BCUT2D eigenvalue weighted by Gasteiger charge is 2.15. The maximum Gasteiger partial charge on any atom is 0.122 e. The number of nitrogens with one attached hydrogen (secondary N) is 1. The van der Waals surface area contributed by atoms with Crippen LogP contribution in [-0.4, -0.2) is 0 Å². The van der Waals surface area contributed by atoms with Crippen molar-refractivity contribution < 1.29 is 4.42 Å². The van der Waals surface area contributed by atoms with Crippen LogP contribution < -0.4 is 11.3 Å². The third kappa shape index (κ3) is 2.97. The zero-order chi connectivity index (χ0) is 12.3. The van der Waals surface area contributed by atoms with E-state index in [0.717, 1.165) is 24.4 Å². The topological polar surface area (TPSA) is 51.2 Å². The van der Waals surface area contributed by atoms with Gasteiger partial charge in [-0.25, -0.2) is 5.43 Å². The number of furan rings is 1. The Kier molecular flexibility index (Phi) is 3.99. The summed E-state index contributed by atoms with van der Waals surface area (Å²) in [6, 6.07) is 8.34. The zero-order valence-corrected chi connectivity index (χ0v) is 11.0. The second-order valence-electron chi connectivity index (χ2n) is 4.09. The van der Waals surface area contributed by atoms with E-state index < -0.39 is 0 Å². The van der Waals surface area contributed by atoms with E-state index in [4.69, 9.17) is 10.3 Å². The first-order chi connectivity index (χ1) is 8.22. The van der Waals surface area contributed by atoms with Gasteiger partial charge in [0.05, 0.1) is 6.04 Å². The minimum absolute atomic E-state index is 0.0482. The van der Waals surface area contributed by atoms with Crippen LogP contribution in [0.1, 0.15) is 34.2 Å². The van der Waals surface area contributed by atoms with Gasteiger partial charge in [0.2, 0.25) is 0 Å². The number of hydrogen-bond acceptors (Lipinski definition) is 4. The van der Waals surface area contributed by atoms with Crippen molar-refractivity contribution in [2.75, 3.05) is 0 Å². The van der Waals surface area contributed by atoms with Crippen molar-refractivity contribution in [1.29, 1.82) is 0 Å². The summed E-state index contributed by atoms with van der Waals surface area (Å²) in [5.74, 6) is 7.41. The summed E-state index contributed by atoms with van der Waals surface area (Å²) in [4.78, 5) is 2.74. The Labute approximate surface area is 106 Å². The fourth-order valence-electron chi connectivity index (χ4n) is 1.81. The van der Waals surface area contributed by atoms with Gasteiger partial charge in [0.25, 0.3) is 0 Å². The molecule has 0 radical (unpaired) electrons. The molecule has 2 aromatic rings. The van der Waals surface area contributed by atoms with Crippen molar-refractivity contribution in [3.63, 3.8) is 0 Å². The smallest absolute Gasteiger partial charge is 0.122 e. The van der Waals surface area contributed by atoms with Gasteiger partial charge in [0, 0.05) is 16.2 Å². The van der Waals surface area contributed by atoms with Crippen LogP contribution in [-0.2, 0) is 12.8 Å². The van der Waals surface area contributed by atoms with E-state index in [1.54, 1.807) is 0 Å². The van der Waals surface area contributed by atoms with E-state index in [0.29, 0.717) is 0 Å². The second kappa shape index (κ2) is 5.49. The largest absolute Gasteiger partial charge is 0.465 e. The third-order valence-corrected chi connectivity index (χ3v) is 4.03. The molecule has 2 aromatic heterocycles. The molecule has 4 heteroatoms. The molecule has 2 heterocycles. The summed E-state index contributed by atoms with van der Waals surface area (Å²) in [5.41, 5.74) is 2.82. The van der Waals surface area contributed by atoms with E-state index in [2.05, 4.69) is 24.5 Å². The van der Waals surface area contributed by atoms with Gasteiger partial charge >= 0.3 is 0 Å². The molecule has 17 heavy (non-hydrogen) atoms. The summed E-state index contributed by atoms with van der Waals surface area (Å²) in [6.07, 6.45) is 1.96. The van der Waals surface area contributed by atoms with Crippen molar-refractivity contribution >= 4 is 11.3 Å². The molecule has 0 aliphatic heterocycles. The first kappa shape index (κ1) is 12.4. The van der Waals surface area contributed by atoms with E-state index >= 15 is 0 Å². The van der Waals surface area contributed by atoms with Crippen LogP contribution in [0.15, 0.2) is 28.7 Å². The lowest BCUT2D eigenvalue weighted by molar-refractivity contribution is 0.404. The fourth-order valence-corrected chi connectivity index (χ4v) is 2.81. The van der Waals surface area contributed by atoms with E-state index in [1.807, 2.05) is 30.4 Å².